The Hall–Kier alpha value is -2.08. The smallest absolute Gasteiger partial charge is 0.261 e. The Kier molecular flexibility index (Phi) is 3.79. The lowest BCUT2D eigenvalue weighted by Crippen LogP contribution is -2.38. The summed E-state index contributed by atoms with van der Waals surface area (Å²) < 4.78 is 1.01. The van der Waals surface area contributed by atoms with Gasteiger partial charge in [-0.1, -0.05) is 0 Å². The predicted molar refractivity (Wildman–Crippen MR) is 84.4 cm³/mol. The monoisotopic (exact) mass is 303 g/mol. The average molecular weight is 303 g/mol. The fourth-order valence-corrected chi connectivity index (χ4v) is 3.45. The number of fused-ring (bicyclic) bond motifs is 1. The molecule has 1 aromatic carbocycles. The maximum Gasteiger partial charge on any atom is 0.261 e. The molecule has 1 aromatic heterocycles. The lowest BCUT2D eigenvalue weighted by Gasteiger charge is -2.15. The summed E-state index contributed by atoms with van der Waals surface area (Å²) in [5.74, 6) is -0.214. The van der Waals surface area contributed by atoms with E-state index in [4.69, 9.17) is 5.73 Å². The van der Waals surface area contributed by atoms with Crippen LogP contribution >= 0.6 is 11.3 Å². The first-order valence-electron chi connectivity index (χ1n) is 6.98. The molecular formula is C15H17N3O2S. The van der Waals surface area contributed by atoms with E-state index in [0.717, 1.165) is 36.0 Å². The van der Waals surface area contributed by atoms with Crippen molar-refractivity contribution in [3.8, 4) is 0 Å². The lowest BCUT2D eigenvalue weighted by atomic mass is 10.2. The van der Waals surface area contributed by atoms with Crippen LogP contribution < -0.4 is 11.1 Å². The summed E-state index contributed by atoms with van der Waals surface area (Å²) in [5, 5.41) is 3.65. The molecule has 21 heavy (non-hydrogen) atoms. The van der Waals surface area contributed by atoms with Gasteiger partial charge in [0.05, 0.1) is 11.4 Å². The Labute approximate surface area is 126 Å². The average Bonchev–Trinajstić information content (AvgIpc) is 3.12. The van der Waals surface area contributed by atoms with E-state index in [-0.39, 0.29) is 18.4 Å². The molecule has 2 aromatic rings. The molecule has 1 fully saturated rings. The summed E-state index contributed by atoms with van der Waals surface area (Å²) in [6, 6.07) is 7.38. The first kappa shape index (κ1) is 13.9. The fourth-order valence-electron chi connectivity index (χ4n) is 2.50. The van der Waals surface area contributed by atoms with Crippen LogP contribution in [0.3, 0.4) is 0 Å². The Balaban J connectivity index is 1.65. The Morgan fingerprint density at radius 2 is 2.00 bits per heavy atom. The first-order chi connectivity index (χ1) is 10.1. The molecule has 5 nitrogen and oxygen atoms in total. The molecule has 3 N–H and O–H groups in total. The summed E-state index contributed by atoms with van der Waals surface area (Å²) in [7, 11) is 0. The molecule has 1 saturated heterocycles. The van der Waals surface area contributed by atoms with Crippen LogP contribution in [0, 0.1) is 0 Å². The maximum atomic E-state index is 12.1. The fraction of sp³-hybridized carbons (Fsp3) is 0.333. The van der Waals surface area contributed by atoms with Gasteiger partial charge in [-0.05, 0) is 42.5 Å². The van der Waals surface area contributed by atoms with Crippen LogP contribution in [-0.2, 0) is 4.79 Å². The van der Waals surface area contributed by atoms with Crippen molar-refractivity contribution in [1.82, 2.24) is 10.2 Å². The van der Waals surface area contributed by atoms with Crippen LogP contribution in [0.4, 0.5) is 5.69 Å². The highest BCUT2D eigenvalue weighted by molar-refractivity contribution is 7.20. The van der Waals surface area contributed by atoms with Crippen LogP contribution in [0.15, 0.2) is 24.3 Å². The molecule has 2 heterocycles. The number of thiophene rings is 1. The third kappa shape index (κ3) is 3.00. The zero-order valence-electron chi connectivity index (χ0n) is 11.6. The number of hydrogen-bond donors (Lipinski definition) is 2. The van der Waals surface area contributed by atoms with Crippen molar-refractivity contribution < 1.29 is 9.59 Å². The minimum Gasteiger partial charge on any atom is -0.399 e. The number of likely N-dealkylation sites (tertiary alicyclic amines) is 1. The molecule has 0 radical (unpaired) electrons. The molecule has 0 unspecified atom stereocenters. The van der Waals surface area contributed by atoms with Gasteiger partial charge in [0, 0.05) is 23.5 Å². The summed E-state index contributed by atoms with van der Waals surface area (Å²) in [6.45, 7) is 1.67. The molecule has 2 amide bonds. The quantitative estimate of drug-likeness (QED) is 0.850. The second-order valence-corrected chi connectivity index (χ2v) is 6.26. The van der Waals surface area contributed by atoms with Crippen LogP contribution in [-0.4, -0.2) is 36.3 Å². The van der Waals surface area contributed by atoms with Crippen LogP contribution in [0.5, 0.6) is 0 Å². The standard InChI is InChI=1S/C15H17N3O2S/c16-11-3-4-12-10(7-11)8-13(21-12)15(20)17-9-14(19)18-5-1-2-6-18/h3-4,7-8H,1-2,5-6,9,16H2,(H,17,20). The van der Waals surface area contributed by atoms with E-state index >= 15 is 0 Å². The van der Waals surface area contributed by atoms with Gasteiger partial charge in [0.25, 0.3) is 5.91 Å². The summed E-state index contributed by atoms with van der Waals surface area (Å²) in [4.78, 5) is 26.4. The third-order valence-electron chi connectivity index (χ3n) is 3.62. The summed E-state index contributed by atoms with van der Waals surface area (Å²) in [5.41, 5.74) is 6.41. The number of rotatable bonds is 3. The van der Waals surface area contributed by atoms with Gasteiger partial charge in [-0.2, -0.15) is 0 Å². The zero-order valence-corrected chi connectivity index (χ0v) is 12.4. The van der Waals surface area contributed by atoms with Gasteiger partial charge in [0.15, 0.2) is 0 Å². The molecule has 0 saturated carbocycles. The first-order valence-corrected chi connectivity index (χ1v) is 7.80. The number of carbonyl (C=O) groups excluding carboxylic acids is 2. The molecule has 1 aliphatic heterocycles. The van der Waals surface area contributed by atoms with E-state index in [0.29, 0.717) is 10.6 Å². The Morgan fingerprint density at radius 1 is 1.24 bits per heavy atom. The van der Waals surface area contributed by atoms with Crippen molar-refractivity contribution in [3.05, 3.63) is 29.1 Å². The SMILES string of the molecule is Nc1ccc2sc(C(=O)NCC(=O)N3CCCC3)cc2c1. The van der Waals surface area contributed by atoms with E-state index in [1.165, 1.54) is 11.3 Å². The van der Waals surface area contributed by atoms with Gasteiger partial charge < -0.3 is 16.0 Å². The van der Waals surface area contributed by atoms with E-state index in [1.807, 2.05) is 24.3 Å². The molecule has 0 bridgehead atoms. The number of nitrogen functional groups attached to an aromatic ring is 1. The number of nitrogens with one attached hydrogen (secondary N) is 1. The number of hydrogen-bond acceptors (Lipinski definition) is 4. The van der Waals surface area contributed by atoms with E-state index in [2.05, 4.69) is 5.32 Å². The van der Waals surface area contributed by atoms with E-state index in [9.17, 15) is 9.59 Å². The summed E-state index contributed by atoms with van der Waals surface area (Å²) >= 11 is 1.41. The number of nitrogens with two attached hydrogens (primary N) is 1. The minimum absolute atomic E-state index is 0.00814. The van der Waals surface area contributed by atoms with Crippen molar-refractivity contribution >= 4 is 38.9 Å². The molecule has 110 valence electrons. The van der Waals surface area contributed by atoms with E-state index in [1.54, 1.807) is 4.90 Å². The largest absolute Gasteiger partial charge is 0.399 e. The van der Waals surface area contributed by atoms with Crippen LogP contribution in [0.25, 0.3) is 10.1 Å². The van der Waals surface area contributed by atoms with Crippen molar-refractivity contribution in [1.29, 1.82) is 0 Å². The Bertz CT molecular complexity index is 689. The van der Waals surface area contributed by atoms with Crippen molar-refractivity contribution in [3.63, 3.8) is 0 Å². The van der Waals surface area contributed by atoms with E-state index < -0.39 is 0 Å². The van der Waals surface area contributed by atoms with Gasteiger partial charge in [0.1, 0.15) is 0 Å². The third-order valence-corrected chi connectivity index (χ3v) is 4.74. The highest BCUT2D eigenvalue weighted by Crippen LogP contribution is 2.27. The van der Waals surface area contributed by atoms with Gasteiger partial charge >= 0.3 is 0 Å². The number of nitrogens with zero attached hydrogens (tertiary/aromatic N) is 1. The second-order valence-electron chi connectivity index (χ2n) is 5.18. The van der Waals surface area contributed by atoms with Gasteiger partial charge in [-0.3, -0.25) is 9.59 Å². The Morgan fingerprint density at radius 3 is 2.76 bits per heavy atom. The molecule has 0 spiro atoms. The van der Waals surface area contributed by atoms with Crippen LogP contribution in [0.1, 0.15) is 22.5 Å². The molecule has 3 rings (SSSR count). The summed E-state index contributed by atoms with van der Waals surface area (Å²) in [6.07, 6.45) is 2.11. The topological polar surface area (TPSA) is 75.4 Å². The second kappa shape index (κ2) is 5.73. The maximum absolute atomic E-state index is 12.1. The van der Waals surface area contributed by atoms with Gasteiger partial charge in [0.2, 0.25) is 5.91 Å². The number of amides is 2. The van der Waals surface area contributed by atoms with Crippen LogP contribution in [0.2, 0.25) is 0 Å². The van der Waals surface area contributed by atoms with Crippen molar-refractivity contribution in [2.75, 3.05) is 25.4 Å². The molecule has 1 aliphatic rings. The van der Waals surface area contributed by atoms with Crippen molar-refractivity contribution in [2.24, 2.45) is 0 Å². The molecular weight excluding hydrogens is 286 g/mol. The number of carbonyl (C=O) groups is 2. The van der Waals surface area contributed by atoms with Gasteiger partial charge in [-0.25, -0.2) is 0 Å². The molecule has 6 heteroatoms. The highest BCUT2D eigenvalue weighted by atomic mass is 32.1. The van der Waals surface area contributed by atoms with Crippen molar-refractivity contribution in [2.45, 2.75) is 12.8 Å². The van der Waals surface area contributed by atoms with Gasteiger partial charge in [-0.15, -0.1) is 11.3 Å². The zero-order chi connectivity index (χ0) is 14.8. The molecule has 0 aliphatic carbocycles. The lowest BCUT2D eigenvalue weighted by molar-refractivity contribution is -0.129. The highest BCUT2D eigenvalue weighted by Gasteiger charge is 2.19. The number of anilines is 1. The normalized spacial score (nSPS) is 14.6. The minimum atomic E-state index is -0.206. The predicted octanol–water partition coefficient (Wildman–Crippen LogP) is 1.84. The molecule has 0 atom stereocenters. The number of benzene rings is 1.